The first-order chi connectivity index (χ1) is 6.61. The molecule has 0 amide bonds. The van der Waals surface area contributed by atoms with Gasteiger partial charge in [0.15, 0.2) is 5.69 Å². The number of hydrogen-bond acceptors (Lipinski definition) is 3. The highest BCUT2D eigenvalue weighted by Gasteiger charge is 2.28. The summed E-state index contributed by atoms with van der Waals surface area (Å²) in [5.74, 6) is -0.987. The molecule has 0 spiro atoms. The number of aromatic carboxylic acids is 1. The molecule has 0 bridgehead atoms. The highest BCUT2D eigenvalue weighted by Crippen LogP contribution is 2.30. The van der Waals surface area contributed by atoms with Crippen molar-refractivity contribution in [1.29, 1.82) is 0 Å². The third-order valence-corrected chi connectivity index (χ3v) is 2.71. The molecule has 76 valence electrons. The summed E-state index contributed by atoms with van der Waals surface area (Å²) in [4.78, 5) is 10.9. The molecule has 0 fully saturated rings. The summed E-state index contributed by atoms with van der Waals surface area (Å²) < 4.78 is 1.64. The van der Waals surface area contributed by atoms with Crippen molar-refractivity contribution in [3.05, 3.63) is 17.0 Å². The number of aryl methyl sites for hydroxylation is 1. The van der Waals surface area contributed by atoms with Crippen molar-refractivity contribution in [3.63, 3.8) is 0 Å². The van der Waals surface area contributed by atoms with Crippen molar-refractivity contribution in [3.8, 4) is 0 Å². The van der Waals surface area contributed by atoms with Gasteiger partial charge < -0.3 is 10.8 Å². The number of carbonyl (C=O) groups is 1. The molecule has 2 rings (SSSR count). The summed E-state index contributed by atoms with van der Waals surface area (Å²) >= 11 is 0. The summed E-state index contributed by atoms with van der Waals surface area (Å²) in [6.07, 6.45) is 2.73. The molecule has 1 aromatic rings. The Balaban J connectivity index is 2.59. The van der Waals surface area contributed by atoms with E-state index < -0.39 is 5.97 Å². The number of rotatable bonds is 1. The summed E-state index contributed by atoms with van der Waals surface area (Å²) in [6, 6.07) is -0.168. The molecular weight excluding hydrogens is 182 g/mol. The van der Waals surface area contributed by atoms with Crippen molar-refractivity contribution in [2.75, 3.05) is 0 Å². The Morgan fingerprint density at radius 2 is 2.43 bits per heavy atom. The fraction of sp³-hybridized carbons (Fsp3) is 0.556. The number of aromatic nitrogens is 2. The minimum atomic E-state index is -0.987. The molecule has 1 aliphatic rings. The molecule has 1 aromatic heterocycles. The van der Waals surface area contributed by atoms with E-state index in [-0.39, 0.29) is 11.7 Å². The minimum absolute atomic E-state index is 0.120. The van der Waals surface area contributed by atoms with Crippen LogP contribution in [0.15, 0.2) is 0 Å². The molecule has 1 aliphatic carbocycles. The molecule has 1 heterocycles. The zero-order chi connectivity index (χ0) is 10.3. The number of nitrogens with zero attached hydrogens (tertiary/aromatic N) is 2. The highest BCUT2D eigenvalue weighted by molar-refractivity contribution is 5.87. The molecule has 5 nitrogen and oxygen atoms in total. The maximum Gasteiger partial charge on any atom is 0.356 e. The van der Waals surface area contributed by atoms with Gasteiger partial charge in [0.1, 0.15) is 0 Å². The summed E-state index contributed by atoms with van der Waals surface area (Å²) in [5, 5.41) is 12.9. The van der Waals surface area contributed by atoms with E-state index in [0.29, 0.717) is 0 Å². The Morgan fingerprint density at radius 3 is 3.07 bits per heavy atom. The van der Waals surface area contributed by atoms with E-state index in [0.717, 1.165) is 30.5 Å². The second kappa shape index (κ2) is 3.09. The van der Waals surface area contributed by atoms with Gasteiger partial charge in [-0.15, -0.1) is 0 Å². The lowest BCUT2D eigenvalue weighted by Crippen LogP contribution is -2.19. The summed E-state index contributed by atoms with van der Waals surface area (Å²) in [6.45, 7) is 0. The standard InChI is InChI=1S/C9H13N3O2/c1-12-6-4-2-3-5(10)7(6)8(11-12)9(13)14/h5H,2-4,10H2,1H3,(H,13,14). The van der Waals surface area contributed by atoms with Crippen LogP contribution < -0.4 is 5.73 Å². The van der Waals surface area contributed by atoms with Gasteiger partial charge in [0.05, 0.1) is 0 Å². The van der Waals surface area contributed by atoms with Crippen LogP contribution in [-0.2, 0) is 13.5 Å². The van der Waals surface area contributed by atoms with Crippen LogP contribution in [0, 0.1) is 0 Å². The van der Waals surface area contributed by atoms with Crippen LogP contribution >= 0.6 is 0 Å². The first-order valence-corrected chi connectivity index (χ1v) is 4.66. The van der Waals surface area contributed by atoms with Gasteiger partial charge in [-0.2, -0.15) is 5.10 Å². The van der Waals surface area contributed by atoms with Gasteiger partial charge in [-0.05, 0) is 19.3 Å². The predicted octanol–water partition coefficient (Wildman–Crippen LogP) is 0.454. The second-order valence-electron chi connectivity index (χ2n) is 3.64. The van der Waals surface area contributed by atoms with E-state index in [4.69, 9.17) is 10.8 Å². The molecule has 0 aliphatic heterocycles. The summed E-state index contributed by atoms with van der Waals surface area (Å²) in [5.41, 5.74) is 7.70. The average Bonchev–Trinajstić information content (AvgIpc) is 2.46. The number of carboxylic acid groups (broad SMARTS) is 1. The molecule has 0 saturated carbocycles. The number of carboxylic acids is 1. The lowest BCUT2D eigenvalue weighted by Gasteiger charge is -2.18. The van der Waals surface area contributed by atoms with Crippen LogP contribution in [0.1, 0.15) is 40.6 Å². The first kappa shape index (κ1) is 9.21. The fourth-order valence-electron chi connectivity index (χ4n) is 2.05. The zero-order valence-corrected chi connectivity index (χ0v) is 8.03. The SMILES string of the molecule is Cn1nc(C(=O)O)c2c1CCCC2N. The van der Waals surface area contributed by atoms with Gasteiger partial charge in [-0.1, -0.05) is 0 Å². The van der Waals surface area contributed by atoms with E-state index >= 15 is 0 Å². The highest BCUT2D eigenvalue weighted by atomic mass is 16.4. The van der Waals surface area contributed by atoms with Crippen LogP contribution in [-0.4, -0.2) is 20.9 Å². The van der Waals surface area contributed by atoms with Crippen LogP contribution in [0.4, 0.5) is 0 Å². The van der Waals surface area contributed by atoms with Crippen molar-refractivity contribution in [1.82, 2.24) is 9.78 Å². The molecule has 0 radical (unpaired) electrons. The van der Waals surface area contributed by atoms with E-state index in [9.17, 15) is 4.79 Å². The van der Waals surface area contributed by atoms with Gasteiger partial charge in [-0.3, -0.25) is 4.68 Å². The van der Waals surface area contributed by atoms with Crippen LogP contribution in [0.5, 0.6) is 0 Å². The number of nitrogens with two attached hydrogens (primary N) is 1. The third kappa shape index (κ3) is 1.21. The first-order valence-electron chi connectivity index (χ1n) is 4.66. The molecule has 0 aromatic carbocycles. The number of hydrogen-bond donors (Lipinski definition) is 2. The Hall–Kier alpha value is -1.36. The Kier molecular flexibility index (Phi) is 2.03. The largest absolute Gasteiger partial charge is 0.476 e. The van der Waals surface area contributed by atoms with Crippen molar-refractivity contribution >= 4 is 5.97 Å². The maximum atomic E-state index is 10.9. The molecule has 1 unspecified atom stereocenters. The number of fused-ring (bicyclic) bond motifs is 1. The third-order valence-electron chi connectivity index (χ3n) is 2.71. The van der Waals surface area contributed by atoms with Crippen molar-refractivity contribution in [2.24, 2.45) is 12.8 Å². The van der Waals surface area contributed by atoms with Crippen molar-refractivity contribution < 1.29 is 9.90 Å². The minimum Gasteiger partial charge on any atom is -0.476 e. The molecule has 0 saturated heterocycles. The smallest absolute Gasteiger partial charge is 0.356 e. The average molecular weight is 195 g/mol. The molecule has 14 heavy (non-hydrogen) atoms. The van der Waals surface area contributed by atoms with Crippen LogP contribution in [0.2, 0.25) is 0 Å². The van der Waals surface area contributed by atoms with E-state index in [1.165, 1.54) is 0 Å². The monoisotopic (exact) mass is 195 g/mol. The van der Waals surface area contributed by atoms with E-state index in [1.807, 2.05) is 0 Å². The quantitative estimate of drug-likeness (QED) is 0.681. The molecular formula is C9H13N3O2. The maximum absolute atomic E-state index is 10.9. The molecule has 1 atom stereocenters. The van der Waals surface area contributed by atoms with Crippen LogP contribution in [0.25, 0.3) is 0 Å². The summed E-state index contributed by atoms with van der Waals surface area (Å²) in [7, 11) is 1.77. The molecule has 3 N–H and O–H groups in total. The Labute approximate surface area is 81.5 Å². The van der Waals surface area contributed by atoms with Gasteiger partial charge >= 0.3 is 5.97 Å². The lowest BCUT2D eigenvalue weighted by atomic mass is 9.91. The molecule has 5 heteroatoms. The Bertz CT molecular complexity index is 384. The lowest BCUT2D eigenvalue weighted by molar-refractivity contribution is 0.0687. The van der Waals surface area contributed by atoms with E-state index in [1.54, 1.807) is 11.7 Å². The normalized spacial score (nSPS) is 20.6. The van der Waals surface area contributed by atoms with Gasteiger partial charge in [0.25, 0.3) is 0 Å². The zero-order valence-electron chi connectivity index (χ0n) is 8.03. The van der Waals surface area contributed by atoms with E-state index in [2.05, 4.69) is 5.10 Å². The van der Waals surface area contributed by atoms with Gasteiger partial charge in [-0.25, -0.2) is 4.79 Å². The fourth-order valence-corrected chi connectivity index (χ4v) is 2.05. The van der Waals surface area contributed by atoms with Gasteiger partial charge in [0.2, 0.25) is 0 Å². The predicted molar refractivity (Wildman–Crippen MR) is 50.0 cm³/mol. The second-order valence-corrected chi connectivity index (χ2v) is 3.64. The van der Waals surface area contributed by atoms with Crippen molar-refractivity contribution in [2.45, 2.75) is 25.3 Å². The Morgan fingerprint density at radius 1 is 1.71 bits per heavy atom. The van der Waals surface area contributed by atoms with Gasteiger partial charge in [0, 0.05) is 24.3 Å². The van der Waals surface area contributed by atoms with Crippen LogP contribution in [0.3, 0.4) is 0 Å². The topological polar surface area (TPSA) is 81.1 Å².